The van der Waals surface area contributed by atoms with Crippen LogP contribution in [0.1, 0.15) is 34.3 Å². The Morgan fingerprint density at radius 3 is 2.81 bits per heavy atom. The van der Waals surface area contributed by atoms with E-state index < -0.39 is 0 Å². The summed E-state index contributed by atoms with van der Waals surface area (Å²) in [7, 11) is 0. The Morgan fingerprint density at radius 2 is 2.07 bits per heavy atom. The lowest BCUT2D eigenvalue weighted by Gasteiger charge is -2.23. The highest BCUT2D eigenvalue weighted by atomic mass is 16.5. The Bertz CT molecular complexity index is 834. The first-order valence-corrected chi connectivity index (χ1v) is 8.79. The van der Waals surface area contributed by atoms with Gasteiger partial charge in [-0.05, 0) is 37.0 Å². The predicted molar refractivity (Wildman–Crippen MR) is 99.5 cm³/mol. The summed E-state index contributed by atoms with van der Waals surface area (Å²) < 4.78 is 5.38. The molecule has 1 amide bonds. The largest absolute Gasteiger partial charge is 0.483 e. The zero-order chi connectivity index (χ0) is 19.2. The van der Waals surface area contributed by atoms with Crippen LogP contribution < -0.4 is 10.6 Å². The second-order valence-electron chi connectivity index (χ2n) is 6.42. The molecule has 27 heavy (non-hydrogen) atoms. The average Bonchev–Trinajstić information content (AvgIpc) is 3.05. The molecule has 8 nitrogen and oxygen atoms in total. The van der Waals surface area contributed by atoms with Gasteiger partial charge in [-0.2, -0.15) is 0 Å². The van der Waals surface area contributed by atoms with E-state index in [2.05, 4.69) is 15.6 Å². The molecule has 8 heteroatoms. The number of ether oxygens (including phenoxy) is 1. The number of fused-ring (bicyclic) bond motifs is 1. The molecule has 0 saturated carbocycles. The van der Waals surface area contributed by atoms with E-state index in [9.17, 15) is 4.79 Å². The zero-order valence-corrected chi connectivity index (χ0v) is 15.1. The molecule has 1 saturated heterocycles. The number of nitrogens with one attached hydrogen (secondary N) is 2. The highest BCUT2D eigenvalue weighted by molar-refractivity contribution is 5.99. The average molecular weight is 370 g/mol. The number of carboxylic acid groups (broad SMARTS) is 1. The van der Waals surface area contributed by atoms with Crippen molar-refractivity contribution in [3.63, 3.8) is 0 Å². The second-order valence-corrected chi connectivity index (χ2v) is 6.42. The smallest absolute Gasteiger partial charge is 0.290 e. The molecule has 2 aromatic rings. The minimum absolute atomic E-state index is 0.0147. The van der Waals surface area contributed by atoms with Crippen molar-refractivity contribution in [1.82, 2.24) is 15.3 Å². The molecule has 3 N–H and O–H groups in total. The maximum absolute atomic E-state index is 11.9. The third kappa shape index (κ3) is 4.40. The van der Waals surface area contributed by atoms with Crippen molar-refractivity contribution in [1.29, 1.82) is 0 Å². The van der Waals surface area contributed by atoms with E-state index in [1.54, 1.807) is 0 Å². The van der Waals surface area contributed by atoms with Crippen LogP contribution in [0.3, 0.4) is 0 Å². The minimum Gasteiger partial charge on any atom is -0.483 e. The summed E-state index contributed by atoms with van der Waals surface area (Å²) in [5, 5.41) is 13.1. The number of amides is 1. The second kappa shape index (κ2) is 8.59. The monoisotopic (exact) mass is 370 g/mol. The van der Waals surface area contributed by atoms with Crippen LogP contribution >= 0.6 is 0 Å². The normalized spacial score (nSPS) is 16.0. The van der Waals surface area contributed by atoms with Gasteiger partial charge in [0, 0.05) is 43.1 Å². The number of hydrogen-bond donors (Lipinski definition) is 3. The summed E-state index contributed by atoms with van der Waals surface area (Å²) in [6.07, 6.45) is 3.76. The summed E-state index contributed by atoms with van der Waals surface area (Å²) in [4.78, 5) is 29.4. The van der Waals surface area contributed by atoms with Crippen molar-refractivity contribution in [3.8, 4) is 11.3 Å². The number of rotatable bonds is 3. The molecule has 0 spiro atoms. The summed E-state index contributed by atoms with van der Waals surface area (Å²) in [6.45, 7) is 3.89. The third-order valence-electron chi connectivity index (χ3n) is 4.59. The zero-order valence-electron chi connectivity index (χ0n) is 15.1. The molecule has 142 valence electrons. The van der Waals surface area contributed by atoms with E-state index in [0.29, 0.717) is 18.5 Å². The van der Waals surface area contributed by atoms with Crippen LogP contribution in [0.25, 0.3) is 11.3 Å². The molecule has 1 fully saturated rings. The molecular weight excluding hydrogens is 348 g/mol. The van der Waals surface area contributed by atoms with Gasteiger partial charge in [0.2, 0.25) is 5.95 Å². The van der Waals surface area contributed by atoms with Crippen LogP contribution in [0.4, 0.5) is 5.95 Å². The Labute approximate surface area is 157 Å². The third-order valence-corrected chi connectivity index (χ3v) is 4.59. The number of aromatic nitrogens is 2. The Balaban J connectivity index is 0.000000659. The molecule has 0 aliphatic carbocycles. The lowest BCUT2D eigenvalue weighted by Crippen LogP contribution is -2.28. The highest BCUT2D eigenvalue weighted by Crippen LogP contribution is 2.27. The first kappa shape index (κ1) is 18.8. The number of benzene rings is 1. The van der Waals surface area contributed by atoms with Crippen LogP contribution in [-0.4, -0.2) is 46.7 Å². The van der Waals surface area contributed by atoms with Gasteiger partial charge < -0.3 is 20.5 Å². The molecular formula is C19H22N4O4. The lowest BCUT2D eigenvalue weighted by atomic mass is 10.0. The highest BCUT2D eigenvalue weighted by Gasteiger charge is 2.20. The molecule has 0 radical (unpaired) electrons. The van der Waals surface area contributed by atoms with E-state index in [1.165, 1.54) is 0 Å². The first-order valence-electron chi connectivity index (χ1n) is 8.79. The molecule has 2 aliphatic heterocycles. The molecule has 1 aromatic carbocycles. The van der Waals surface area contributed by atoms with E-state index in [0.717, 1.165) is 54.0 Å². The van der Waals surface area contributed by atoms with Gasteiger partial charge in [0.25, 0.3) is 12.4 Å². The summed E-state index contributed by atoms with van der Waals surface area (Å²) >= 11 is 0. The summed E-state index contributed by atoms with van der Waals surface area (Å²) in [6, 6.07) is 6.29. The van der Waals surface area contributed by atoms with Crippen molar-refractivity contribution in [2.45, 2.75) is 32.4 Å². The number of nitrogens with zero attached hydrogens (tertiary/aromatic N) is 2. The fourth-order valence-electron chi connectivity index (χ4n) is 3.19. The number of aryl methyl sites for hydroxylation is 1. The van der Waals surface area contributed by atoms with E-state index in [4.69, 9.17) is 19.6 Å². The van der Waals surface area contributed by atoms with Crippen LogP contribution in [-0.2, 0) is 16.1 Å². The first-order chi connectivity index (χ1) is 13.1. The Hall–Kier alpha value is -3.00. The molecule has 2 aliphatic rings. The van der Waals surface area contributed by atoms with Crippen molar-refractivity contribution in [2.75, 3.05) is 18.5 Å². The van der Waals surface area contributed by atoms with E-state index in [1.807, 2.05) is 31.3 Å². The summed E-state index contributed by atoms with van der Waals surface area (Å²) in [5.41, 5.74) is 4.58. The van der Waals surface area contributed by atoms with Gasteiger partial charge in [-0.25, -0.2) is 9.97 Å². The van der Waals surface area contributed by atoms with Crippen molar-refractivity contribution in [3.05, 3.63) is 41.1 Å². The molecule has 0 atom stereocenters. The van der Waals surface area contributed by atoms with Gasteiger partial charge in [0.1, 0.15) is 0 Å². The predicted octanol–water partition coefficient (Wildman–Crippen LogP) is 1.99. The molecule has 3 heterocycles. The number of carbonyl (C=O) groups is 2. The van der Waals surface area contributed by atoms with Crippen molar-refractivity contribution in [2.24, 2.45) is 0 Å². The van der Waals surface area contributed by atoms with Crippen LogP contribution in [0.5, 0.6) is 0 Å². The summed E-state index contributed by atoms with van der Waals surface area (Å²) in [5.74, 6) is 0.617. The number of hydrogen-bond acceptors (Lipinski definition) is 6. The Kier molecular flexibility index (Phi) is 5.97. The Morgan fingerprint density at radius 1 is 1.33 bits per heavy atom. The van der Waals surface area contributed by atoms with Gasteiger partial charge in [-0.1, -0.05) is 12.1 Å². The maximum atomic E-state index is 11.9. The number of anilines is 1. The SMILES string of the molecule is Cc1cnc(NC2CCOCC2)nc1-c1ccc2c(c1)C(=O)NC2.O=CO. The standard InChI is InChI=1S/C18H20N4O2.CH2O2/c1-11-9-20-18(21-14-4-6-24-7-5-14)22-16(11)12-2-3-13-10-19-17(23)15(13)8-12;2-1-3/h2-3,8-9,14H,4-7,10H2,1H3,(H,19,23)(H,20,21,22);1H,(H,2,3). The fraction of sp³-hybridized carbons (Fsp3) is 0.368. The van der Waals surface area contributed by atoms with Crippen LogP contribution in [0, 0.1) is 6.92 Å². The van der Waals surface area contributed by atoms with Gasteiger partial charge in [0.05, 0.1) is 5.69 Å². The quantitative estimate of drug-likeness (QED) is 0.708. The molecule has 1 aromatic heterocycles. The van der Waals surface area contributed by atoms with Crippen LogP contribution in [0.15, 0.2) is 24.4 Å². The minimum atomic E-state index is -0.250. The molecule has 0 unspecified atom stereocenters. The molecule has 0 bridgehead atoms. The van der Waals surface area contributed by atoms with Gasteiger partial charge in [0.15, 0.2) is 0 Å². The van der Waals surface area contributed by atoms with E-state index >= 15 is 0 Å². The molecule has 4 rings (SSSR count). The maximum Gasteiger partial charge on any atom is 0.290 e. The van der Waals surface area contributed by atoms with E-state index in [-0.39, 0.29) is 12.4 Å². The fourth-order valence-corrected chi connectivity index (χ4v) is 3.19. The van der Waals surface area contributed by atoms with Crippen LogP contribution in [0.2, 0.25) is 0 Å². The van der Waals surface area contributed by atoms with Crippen molar-refractivity contribution >= 4 is 18.3 Å². The van der Waals surface area contributed by atoms with Gasteiger partial charge in [-0.15, -0.1) is 0 Å². The van der Waals surface area contributed by atoms with Crippen molar-refractivity contribution < 1.29 is 19.4 Å². The van der Waals surface area contributed by atoms with Gasteiger partial charge >= 0.3 is 0 Å². The topological polar surface area (TPSA) is 113 Å². The van der Waals surface area contributed by atoms with Gasteiger partial charge in [-0.3, -0.25) is 9.59 Å². The number of carbonyl (C=O) groups excluding carboxylic acids is 1. The lowest BCUT2D eigenvalue weighted by molar-refractivity contribution is -0.122.